The highest BCUT2D eigenvalue weighted by Crippen LogP contribution is 2.34. The summed E-state index contributed by atoms with van der Waals surface area (Å²) in [5, 5.41) is 23.4. The Balaban J connectivity index is 0.934. The van der Waals surface area contributed by atoms with Gasteiger partial charge in [0.15, 0.2) is 0 Å². The molecule has 0 heterocycles. The number of ether oxygens (including phenoxy) is 2. The highest BCUT2D eigenvalue weighted by Gasteiger charge is 2.31. The fraction of sp³-hybridized carbons (Fsp3) is 0.357. The Labute approximate surface area is 305 Å². The molecule has 10 heteroatoms. The van der Waals surface area contributed by atoms with Crippen LogP contribution in [-0.4, -0.2) is 36.0 Å². The summed E-state index contributed by atoms with van der Waals surface area (Å²) >= 11 is 0. The minimum Gasteiger partial charge on any atom is -0.457 e. The SMILES string of the molecule is CNc1ccc(Oc2ccc(NC(=O)C3CCCC(C(O)Nc4ccc(Oc5ccc(NC(=O)C6CCC(C(C)=O)CC6)cc5)cc4)C3)cc2)cc1. The maximum Gasteiger partial charge on any atom is 0.227 e. The number of aliphatic hydroxyl groups is 1. The Morgan fingerprint density at radius 2 is 1.00 bits per heavy atom. The van der Waals surface area contributed by atoms with Gasteiger partial charge in [-0.05, 0) is 149 Å². The number of rotatable bonds is 13. The van der Waals surface area contributed by atoms with E-state index in [1.807, 2.05) is 104 Å². The van der Waals surface area contributed by atoms with Crippen molar-refractivity contribution in [1.29, 1.82) is 0 Å². The van der Waals surface area contributed by atoms with E-state index in [0.717, 1.165) is 62.1 Å². The van der Waals surface area contributed by atoms with Crippen molar-refractivity contribution < 1.29 is 29.0 Å². The fourth-order valence-electron chi connectivity index (χ4n) is 7.09. The average Bonchev–Trinajstić information content (AvgIpc) is 3.17. The number of ketones is 1. The summed E-state index contributed by atoms with van der Waals surface area (Å²) in [5.74, 6) is 2.60. The van der Waals surface area contributed by atoms with Crippen LogP contribution in [0, 0.1) is 23.7 Å². The molecule has 2 fully saturated rings. The first kappa shape index (κ1) is 36.4. The van der Waals surface area contributed by atoms with Crippen molar-refractivity contribution in [3.8, 4) is 23.0 Å². The number of benzene rings is 4. The average molecular weight is 705 g/mol. The van der Waals surface area contributed by atoms with Crippen LogP contribution in [-0.2, 0) is 14.4 Å². The van der Waals surface area contributed by atoms with E-state index in [2.05, 4.69) is 21.3 Å². The normalized spacial score (nSPS) is 20.5. The van der Waals surface area contributed by atoms with Crippen molar-refractivity contribution in [3.63, 3.8) is 0 Å². The number of nitrogens with one attached hydrogen (secondary N) is 4. The lowest BCUT2D eigenvalue weighted by Crippen LogP contribution is -2.36. The number of Topliss-reactive ketones (excluding diaryl/α,β-unsaturated/α-hetero) is 1. The van der Waals surface area contributed by atoms with Crippen LogP contribution in [0.2, 0.25) is 0 Å². The second-order valence-corrected chi connectivity index (χ2v) is 13.9. The Hall–Kier alpha value is -5.35. The second kappa shape index (κ2) is 17.2. The predicted octanol–water partition coefficient (Wildman–Crippen LogP) is 8.82. The minimum absolute atomic E-state index is 0.00616. The first-order valence-corrected chi connectivity index (χ1v) is 18.2. The van der Waals surface area contributed by atoms with Crippen LogP contribution >= 0.6 is 0 Å². The molecule has 2 saturated carbocycles. The zero-order valence-electron chi connectivity index (χ0n) is 29.8. The third-order valence-corrected chi connectivity index (χ3v) is 10.2. The fourth-order valence-corrected chi connectivity index (χ4v) is 7.09. The Morgan fingerprint density at radius 1 is 0.577 bits per heavy atom. The predicted molar refractivity (Wildman–Crippen MR) is 204 cm³/mol. The van der Waals surface area contributed by atoms with Crippen LogP contribution < -0.4 is 30.7 Å². The summed E-state index contributed by atoms with van der Waals surface area (Å²) < 4.78 is 11.9. The molecule has 5 N–H and O–H groups in total. The summed E-state index contributed by atoms with van der Waals surface area (Å²) in [6.45, 7) is 1.63. The first-order chi connectivity index (χ1) is 25.2. The van der Waals surface area contributed by atoms with Crippen molar-refractivity contribution in [2.75, 3.05) is 28.3 Å². The third-order valence-electron chi connectivity index (χ3n) is 10.2. The molecule has 3 atom stereocenters. The summed E-state index contributed by atoms with van der Waals surface area (Å²) in [4.78, 5) is 37.5. The number of hydrogen-bond donors (Lipinski definition) is 5. The Kier molecular flexibility index (Phi) is 12.1. The van der Waals surface area contributed by atoms with E-state index in [1.54, 1.807) is 6.92 Å². The quantitative estimate of drug-likeness (QED) is 0.0871. The monoisotopic (exact) mass is 704 g/mol. The van der Waals surface area contributed by atoms with Crippen molar-refractivity contribution in [3.05, 3.63) is 97.1 Å². The maximum atomic E-state index is 13.2. The van der Waals surface area contributed by atoms with E-state index >= 15 is 0 Å². The largest absolute Gasteiger partial charge is 0.457 e. The van der Waals surface area contributed by atoms with E-state index in [-0.39, 0.29) is 41.3 Å². The molecule has 272 valence electrons. The molecule has 0 bridgehead atoms. The van der Waals surface area contributed by atoms with Gasteiger partial charge >= 0.3 is 0 Å². The zero-order chi connectivity index (χ0) is 36.5. The Bertz CT molecular complexity index is 1790. The van der Waals surface area contributed by atoms with Crippen molar-refractivity contribution in [1.82, 2.24) is 0 Å². The molecule has 52 heavy (non-hydrogen) atoms. The number of carbonyl (C=O) groups is 3. The van der Waals surface area contributed by atoms with Crippen LogP contribution in [0.15, 0.2) is 97.1 Å². The molecular weight excluding hydrogens is 656 g/mol. The van der Waals surface area contributed by atoms with Gasteiger partial charge in [0.05, 0.1) is 0 Å². The van der Waals surface area contributed by atoms with E-state index in [1.165, 1.54) is 0 Å². The number of aliphatic hydroxyl groups excluding tert-OH is 1. The number of hydrogen-bond acceptors (Lipinski definition) is 8. The second-order valence-electron chi connectivity index (χ2n) is 13.9. The van der Waals surface area contributed by atoms with Gasteiger partial charge in [0, 0.05) is 53.5 Å². The molecule has 0 aromatic heterocycles. The van der Waals surface area contributed by atoms with Crippen molar-refractivity contribution >= 4 is 40.3 Å². The lowest BCUT2D eigenvalue weighted by atomic mass is 9.80. The lowest BCUT2D eigenvalue weighted by molar-refractivity contribution is -0.125. The summed E-state index contributed by atoms with van der Waals surface area (Å²) in [6, 6.07) is 29.6. The molecule has 0 saturated heterocycles. The van der Waals surface area contributed by atoms with Gasteiger partial charge in [-0.2, -0.15) is 0 Å². The van der Waals surface area contributed by atoms with Crippen LogP contribution in [0.1, 0.15) is 58.3 Å². The molecule has 0 radical (unpaired) electrons. The van der Waals surface area contributed by atoms with Crippen LogP contribution in [0.25, 0.3) is 0 Å². The maximum absolute atomic E-state index is 13.2. The molecule has 2 amide bonds. The van der Waals surface area contributed by atoms with Crippen LogP contribution in [0.4, 0.5) is 22.7 Å². The number of anilines is 4. The molecule has 3 unspecified atom stereocenters. The number of carbonyl (C=O) groups excluding carboxylic acids is 3. The van der Waals surface area contributed by atoms with Crippen LogP contribution in [0.5, 0.6) is 23.0 Å². The highest BCUT2D eigenvalue weighted by atomic mass is 16.5. The highest BCUT2D eigenvalue weighted by molar-refractivity contribution is 5.93. The smallest absolute Gasteiger partial charge is 0.227 e. The van der Waals surface area contributed by atoms with E-state index < -0.39 is 6.23 Å². The molecule has 2 aliphatic rings. The van der Waals surface area contributed by atoms with E-state index in [9.17, 15) is 19.5 Å². The van der Waals surface area contributed by atoms with E-state index in [4.69, 9.17) is 9.47 Å². The van der Waals surface area contributed by atoms with Gasteiger partial charge in [-0.25, -0.2) is 0 Å². The first-order valence-electron chi connectivity index (χ1n) is 18.2. The minimum atomic E-state index is -0.798. The number of amides is 2. The molecule has 4 aromatic rings. The lowest BCUT2D eigenvalue weighted by Gasteiger charge is -2.32. The Morgan fingerprint density at radius 3 is 1.46 bits per heavy atom. The molecule has 0 spiro atoms. The molecular formula is C42H48N4O6. The summed E-state index contributed by atoms with van der Waals surface area (Å²) in [6.07, 6.45) is 5.27. The zero-order valence-corrected chi connectivity index (χ0v) is 29.8. The molecule has 4 aromatic carbocycles. The van der Waals surface area contributed by atoms with Gasteiger partial charge in [0.2, 0.25) is 11.8 Å². The molecule has 2 aliphatic carbocycles. The van der Waals surface area contributed by atoms with Crippen molar-refractivity contribution in [2.45, 2.75) is 64.5 Å². The summed E-state index contributed by atoms with van der Waals surface area (Å²) in [7, 11) is 1.87. The van der Waals surface area contributed by atoms with Gasteiger partial charge < -0.3 is 35.8 Å². The van der Waals surface area contributed by atoms with E-state index in [0.29, 0.717) is 35.0 Å². The van der Waals surface area contributed by atoms with Gasteiger partial charge in [0.1, 0.15) is 35.0 Å². The van der Waals surface area contributed by atoms with Gasteiger partial charge in [0.25, 0.3) is 0 Å². The van der Waals surface area contributed by atoms with Crippen molar-refractivity contribution in [2.24, 2.45) is 23.7 Å². The van der Waals surface area contributed by atoms with Gasteiger partial charge in [-0.3, -0.25) is 14.4 Å². The molecule has 0 aliphatic heterocycles. The van der Waals surface area contributed by atoms with Crippen LogP contribution in [0.3, 0.4) is 0 Å². The standard InChI is InChI=1S/C42H48N4O6/c1-27(47)28-6-8-29(9-7-28)40(48)44-33-12-20-38(21-13-33)52-39-24-16-35(17-25-39)46-42(50)31-5-3-4-30(26-31)41(49)45-34-14-22-37(23-15-34)51-36-18-10-32(43-2)11-19-36/h10-25,28-31,42-43,46,50H,3-9,26H2,1-2H3,(H,44,48)(H,45,49). The topological polar surface area (TPSA) is 138 Å². The van der Waals surface area contributed by atoms with Gasteiger partial charge in [-0.1, -0.05) is 6.42 Å². The van der Waals surface area contributed by atoms with Gasteiger partial charge in [-0.15, -0.1) is 0 Å². The summed E-state index contributed by atoms with van der Waals surface area (Å²) in [5.41, 5.74) is 3.16. The molecule has 10 nitrogen and oxygen atoms in total. The molecule has 6 rings (SSSR count). The third kappa shape index (κ3) is 9.91.